The summed E-state index contributed by atoms with van der Waals surface area (Å²) in [6.45, 7) is 7.83. The van der Waals surface area contributed by atoms with Gasteiger partial charge < -0.3 is 15.3 Å². The van der Waals surface area contributed by atoms with Crippen LogP contribution >= 0.6 is 0 Å². The number of likely N-dealkylation sites (tertiary alicyclic amines) is 1. The van der Waals surface area contributed by atoms with E-state index < -0.39 is 0 Å². The number of amides is 1. The lowest BCUT2D eigenvalue weighted by Gasteiger charge is -2.33. The van der Waals surface area contributed by atoms with Crippen molar-refractivity contribution in [1.82, 2.24) is 10.2 Å². The zero-order valence-electron chi connectivity index (χ0n) is 11.8. The van der Waals surface area contributed by atoms with Gasteiger partial charge in [-0.05, 0) is 45.1 Å². The number of hydrogen-bond donors (Lipinski definition) is 2. The summed E-state index contributed by atoms with van der Waals surface area (Å²) in [4.78, 5) is 13.8. The molecule has 0 aromatic carbocycles. The van der Waals surface area contributed by atoms with Crippen LogP contribution in [0.25, 0.3) is 0 Å². The smallest absolute Gasteiger partial charge is 0.219 e. The fraction of sp³-hybridized carbons (Fsp3) is 0.929. The molecule has 2 N–H and O–H groups in total. The third-order valence-corrected chi connectivity index (χ3v) is 3.53. The molecule has 1 fully saturated rings. The summed E-state index contributed by atoms with van der Waals surface area (Å²) in [5.41, 5.74) is 0. The number of carbonyl (C=O) groups excluding carboxylic acids is 1. The first-order chi connectivity index (χ1) is 8.61. The monoisotopic (exact) mass is 256 g/mol. The molecule has 4 heteroatoms. The van der Waals surface area contributed by atoms with Gasteiger partial charge in [0, 0.05) is 26.1 Å². The minimum atomic E-state index is -0.213. The van der Waals surface area contributed by atoms with Crippen molar-refractivity contribution in [2.24, 2.45) is 5.92 Å². The van der Waals surface area contributed by atoms with Crippen molar-refractivity contribution in [2.75, 3.05) is 26.2 Å². The van der Waals surface area contributed by atoms with Crippen molar-refractivity contribution in [3.8, 4) is 0 Å². The number of aliphatic hydroxyl groups excluding tert-OH is 1. The van der Waals surface area contributed by atoms with Gasteiger partial charge in [-0.15, -0.1) is 0 Å². The first-order valence-electron chi connectivity index (χ1n) is 7.29. The van der Waals surface area contributed by atoms with E-state index in [-0.39, 0.29) is 12.0 Å². The van der Waals surface area contributed by atoms with Gasteiger partial charge in [-0.2, -0.15) is 0 Å². The molecular weight excluding hydrogens is 228 g/mol. The van der Waals surface area contributed by atoms with Gasteiger partial charge in [0.1, 0.15) is 0 Å². The summed E-state index contributed by atoms with van der Waals surface area (Å²) >= 11 is 0. The second-order valence-electron chi connectivity index (χ2n) is 5.50. The Labute approximate surface area is 111 Å². The van der Waals surface area contributed by atoms with E-state index in [9.17, 15) is 9.90 Å². The molecule has 0 bridgehead atoms. The highest BCUT2D eigenvalue weighted by atomic mass is 16.3. The molecule has 1 aliphatic rings. The molecule has 1 saturated heterocycles. The molecule has 1 aliphatic heterocycles. The van der Waals surface area contributed by atoms with Crippen LogP contribution in [0, 0.1) is 5.92 Å². The van der Waals surface area contributed by atoms with Crippen molar-refractivity contribution >= 4 is 5.91 Å². The molecule has 0 aromatic rings. The summed E-state index contributed by atoms with van der Waals surface area (Å²) in [5.74, 6) is 0.757. The van der Waals surface area contributed by atoms with Gasteiger partial charge in [0.05, 0.1) is 6.10 Å². The number of piperidine rings is 1. The van der Waals surface area contributed by atoms with Crippen LogP contribution in [0.3, 0.4) is 0 Å². The standard InChI is InChI=1S/C14H28N2O2/c1-3-5-14(18)15-10-13-6-4-8-16(11-13)9-7-12(2)17/h12-13,17H,3-11H2,1-2H3,(H,15,18)/t12-,13+/m1/s1. The van der Waals surface area contributed by atoms with E-state index in [0.717, 1.165) is 39.0 Å². The third kappa shape index (κ3) is 6.36. The number of aliphatic hydroxyl groups is 1. The summed E-state index contributed by atoms with van der Waals surface area (Å²) in [5, 5.41) is 12.3. The molecule has 0 radical (unpaired) electrons. The molecule has 1 amide bonds. The third-order valence-electron chi connectivity index (χ3n) is 3.53. The number of nitrogens with zero attached hydrogens (tertiary/aromatic N) is 1. The molecule has 1 heterocycles. The van der Waals surface area contributed by atoms with Crippen molar-refractivity contribution in [3.63, 3.8) is 0 Å². The minimum Gasteiger partial charge on any atom is -0.393 e. The Bertz CT molecular complexity index is 244. The van der Waals surface area contributed by atoms with Crippen LogP contribution in [-0.4, -0.2) is 48.2 Å². The average molecular weight is 256 g/mol. The topological polar surface area (TPSA) is 52.6 Å². The van der Waals surface area contributed by atoms with E-state index in [4.69, 9.17) is 0 Å². The minimum absolute atomic E-state index is 0.179. The highest BCUT2D eigenvalue weighted by Gasteiger charge is 2.20. The van der Waals surface area contributed by atoms with E-state index >= 15 is 0 Å². The van der Waals surface area contributed by atoms with Gasteiger partial charge in [0.25, 0.3) is 0 Å². The lowest BCUT2D eigenvalue weighted by Crippen LogP contribution is -2.41. The van der Waals surface area contributed by atoms with Crippen LogP contribution in [0.2, 0.25) is 0 Å². The zero-order chi connectivity index (χ0) is 13.4. The fourth-order valence-corrected chi connectivity index (χ4v) is 2.46. The van der Waals surface area contributed by atoms with Gasteiger partial charge in [-0.1, -0.05) is 6.92 Å². The lowest BCUT2D eigenvalue weighted by molar-refractivity contribution is -0.121. The molecule has 2 atom stereocenters. The van der Waals surface area contributed by atoms with E-state index in [1.165, 1.54) is 12.8 Å². The fourth-order valence-electron chi connectivity index (χ4n) is 2.46. The van der Waals surface area contributed by atoms with Crippen LogP contribution in [-0.2, 0) is 4.79 Å². The van der Waals surface area contributed by atoms with Crippen molar-refractivity contribution in [2.45, 2.75) is 52.1 Å². The average Bonchev–Trinajstić information content (AvgIpc) is 2.35. The van der Waals surface area contributed by atoms with E-state index in [0.29, 0.717) is 12.3 Å². The van der Waals surface area contributed by atoms with Crippen molar-refractivity contribution < 1.29 is 9.90 Å². The summed E-state index contributed by atoms with van der Waals surface area (Å²) in [6.07, 6.45) is 4.59. The second kappa shape index (κ2) is 8.48. The van der Waals surface area contributed by atoms with Crippen LogP contribution < -0.4 is 5.32 Å². The molecule has 0 aliphatic carbocycles. The highest BCUT2D eigenvalue weighted by Crippen LogP contribution is 2.16. The largest absolute Gasteiger partial charge is 0.393 e. The Morgan fingerprint density at radius 2 is 2.33 bits per heavy atom. The first kappa shape index (κ1) is 15.4. The van der Waals surface area contributed by atoms with Crippen LogP contribution in [0.1, 0.15) is 46.0 Å². The van der Waals surface area contributed by atoms with Gasteiger partial charge in [0.15, 0.2) is 0 Å². The number of nitrogens with one attached hydrogen (secondary N) is 1. The normalized spacial score (nSPS) is 22.7. The number of hydrogen-bond acceptors (Lipinski definition) is 3. The highest BCUT2D eigenvalue weighted by molar-refractivity contribution is 5.75. The van der Waals surface area contributed by atoms with Crippen molar-refractivity contribution in [1.29, 1.82) is 0 Å². The molecule has 18 heavy (non-hydrogen) atoms. The van der Waals surface area contributed by atoms with Crippen LogP contribution in [0.4, 0.5) is 0 Å². The zero-order valence-corrected chi connectivity index (χ0v) is 11.8. The molecule has 1 rings (SSSR count). The van der Waals surface area contributed by atoms with Gasteiger partial charge in [-0.25, -0.2) is 0 Å². The van der Waals surface area contributed by atoms with Crippen LogP contribution in [0.15, 0.2) is 0 Å². The quantitative estimate of drug-likeness (QED) is 0.723. The van der Waals surface area contributed by atoms with Crippen molar-refractivity contribution in [3.05, 3.63) is 0 Å². The lowest BCUT2D eigenvalue weighted by atomic mass is 9.97. The Morgan fingerprint density at radius 1 is 1.56 bits per heavy atom. The number of rotatable bonds is 7. The Balaban J connectivity index is 2.20. The van der Waals surface area contributed by atoms with Gasteiger partial charge in [0.2, 0.25) is 5.91 Å². The molecule has 106 valence electrons. The SMILES string of the molecule is CCCC(=O)NC[C@@H]1CCCN(CC[C@@H](C)O)C1. The molecule has 4 nitrogen and oxygen atoms in total. The van der Waals surface area contributed by atoms with E-state index in [2.05, 4.69) is 10.2 Å². The molecule has 0 spiro atoms. The van der Waals surface area contributed by atoms with Gasteiger partial charge >= 0.3 is 0 Å². The predicted octanol–water partition coefficient (Wildman–Crippen LogP) is 1.39. The molecule has 0 saturated carbocycles. The summed E-state index contributed by atoms with van der Waals surface area (Å²) in [6, 6.07) is 0. The molecule has 0 aromatic heterocycles. The maximum absolute atomic E-state index is 11.4. The summed E-state index contributed by atoms with van der Waals surface area (Å²) in [7, 11) is 0. The van der Waals surface area contributed by atoms with E-state index in [1.807, 2.05) is 13.8 Å². The second-order valence-corrected chi connectivity index (χ2v) is 5.50. The Hall–Kier alpha value is -0.610. The molecule has 0 unspecified atom stereocenters. The maximum Gasteiger partial charge on any atom is 0.219 e. The maximum atomic E-state index is 11.4. The van der Waals surface area contributed by atoms with Gasteiger partial charge in [-0.3, -0.25) is 4.79 Å². The van der Waals surface area contributed by atoms with Crippen LogP contribution in [0.5, 0.6) is 0 Å². The Morgan fingerprint density at radius 3 is 3.00 bits per heavy atom. The first-order valence-corrected chi connectivity index (χ1v) is 7.29. The number of carbonyl (C=O) groups is 1. The predicted molar refractivity (Wildman–Crippen MR) is 73.4 cm³/mol. The van der Waals surface area contributed by atoms with E-state index in [1.54, 1.807) is 0 Å². The molecular formula is C14H28N2O2. The summed E-state index contributed by atoms with van der Waals surface area (Å²) < 4.78 is 0. The Kier molecular flexibility index (Phi) is 7.28.